The van der Waals surface area contributed by atoms with E-state index in [2.05, 4.69) is 4.90 Å². The number of nitrogens with zero attached hydrogens (tertiary/aromatic N) is 2. The zero-order chi connectivity index (χ0) is 18.7. The summed E-state index contributed by atoms with van der Waals surface area (Å²) >= 11 is 0. The summed E-state index contributed by atoms with van der Waals surface area (Å²) in [6, 6.07) is 2.84. The summed E-state index contributed by atoms with van der Waals surface area (Å²) in [6.45, 7) is 4.37. The third-order valence-electron chi connectivity index (χ3n) is 4.93. The molecule has 1 aromatic carbocycles. The van der Waals surface area contributed by atoms with Gasteiger partial charge in [0, 0.05) is 45.8 Å². The number of amides is 1. The van der Waals surface area contributed by atoms with E-state index in [1.54, 1.807) is 4.90 Å². The fourth-order valence-electron chi connectivity index (χ4n) is 3.46. The Morgan fingerprint density at radius 2 is 2.00 bits per heavy atom. The quantitative estimate of drug-likeness (QED) is 0.760. The number of rotatable bonds is 4. The normalized spacial score (nSPS) is 22.7. The molecule has 2 heterocycles. The van der Waals surface area contributed by atoms with Gasteiger partial charge in [0.1, 0.15) is 5.82 Å². The maximum absolute atomic E-state index is 13.7. The van der Waals surface area contributed by atoms with Crippen molar-refractivity contribution in [1.29, 1.82) is 0 Å². The number of halogens is 4. The zero-order valence-electron chi connectivity index (χ0n) is 14.4. The molecule has 8 heteroatoms. The maximum Gasteiger partial charge on any atom is 0.419 e. The average Bonchev–Trinajstić information content (AvgIpc) is 3.01. The van der Waals surface area contributed by atoms with Crippen LogP contribution in [-0.4, -0.2) is 55.1 Å². The number of carbonyl (C=O) groups is 1. The minimum atomic E-state index is -4.72. The van der Waals surface area contributed by atoms with Crippen LogP contribution >= 0.6 is 0 Å². The third kappa shape index (κ3) is 4.73. The Morgan fingerprint density at radius 1 is 1.19 bits per heavy atom. The summed E-state index contributed by atoms with van der Waals surface area (Å²) in [4.78, 5) is 16.1. The van der Waals surface area contributed by atoms with Gasteiger partial charge < -0.3 is 14.5 Å². The van der Waals surface area contributed by atoms with Crippen LogP contribution < -0.4 is 0 Å². The van der Waals surface area contributed by atoms with Crippen LogP contribution in [-0.2, 0) is 22.3 Å². The van der Waals surface area contributed by atoms with Crippen molar-refractivity contribution < 1.29 is 27.1 Å². The molecule has 1 unspecified atom stereocenters. The van der Waals surface area contributed by atoms with Crippen molar-refractivity contribution in [2.75, 3.05) is 39.4 Å². The topological polar surface area (TPSA) is 32.8 Å². The first kappa shape index (κ1) is 19.1. The minimum absolute atomic E-state index is 0.0597. The number of hydrogen-bond acceptors (Lipinski definition) is 3. The number of alkyl halides is 3. The monoisotopic (exact) mass is 374 g/mol. The summed E-state index contributed by atoms with van der Waals surface area (Å²) in [7, 11) is 0. The number of ether oxygens (including phenoxy) is 1. The first-order chi connectivity index (χ1) is 12.3. The molecule has 2 fully saturated rings. The largest absolute Gasteiger partial charge is 0.419 e. The molecule has 1 aromatic rings. The molecule has 0 bridgehead atoms. The van der Waals surface area contributed by atoms with Gasteiger partial charge in [-0.05, 0) is 30.0 Å². The molecule has 1 amide bonds. The van der Waals surface area contributed by atoms with Crippen LogP contribution in [0.15, 0.2) is 18.2 Å². The van der Waals surface area contributed by atoms with E-state index < -0.39 is 17.6 Å². The zero-order valence-corrected chi connectivity index (χ0v) is 14.4. The molecule has 0 saturated carbocycles. The van der Waals surface area contributed by atoms with Crippen molar-refractivity contribution in [3.63, 3.8) is 0 Å². The average molecular weight is 374 g/mol. The van der Waals surface area contributed by atoms with E-state index in [1.807, 2.05) is 0 Å². The lowest BCUT2D eigenvalue weighted by molar-refractivity contribution is -0.140. The van der Waals surface area contributed by atoms with Crippen molar-refractivity contribution in [2.45, 2.75) is 25.6 Å². The van der Waals surface area contributed by atoms with Gasteiger partial charge in [-0.2, -0.15) is 13.2 Å². The van der Waals surface area contributed by atoms with Crippen LogP contribution in [0.1, 0.15) is 24.0 Å². The smallest absolute Gasteiger partial charge is 0.381 e. The third-order valence-corrected chi connectivity index (χ3v) is 4.93. The van der Waals surface area contributed by atoms with Gasteiger partial charge in [-0.25, -0.2) is 4.39 Å². The van der Waals surface area contributed by atoms with Crippen molar-refractivity contribution in [1.82, 2.24) is 9.80 Å². The Labute approximate surface area is 149 Å². The SMILES string of the molecule is O=C1CCN(CC2CCOC2)CCN1Cc1ccc(C(F)(F)F)c(F)c1. The molecule has 0 N–H and O–H groups in total. The summed E-state index contributed by atoms with van der Waals surface area (Å²) in [5.41, 5.74) is -0.921. The molecule has 26 heavy (non-hydrogen) atoms. The highest BCUT2D eigenvalue weighted by Crippen LogP contribution is 2.31. The number of carbonyl (C=O) groups excluding carboxylic acids is 1. The van der Waals surface area contributed by atoms with Gasteiger partial charge in [0.2, 0.25) is 5.91 Å². The molecular weight excluding hydrogens is 352 g/mol. The molecule has 3 rings (SSSR count). The second-order valence-corrected chi connectivity index (χ2v) is 6.91. The van der Waals surface area contributed by atoms with Crippen LogP contribution in [0.25, 0.3) is 0 Å². The van der Waals surface area contributed by atoms with Gasteiger partial charge in [0.05, 0.1) is 12.2 Å². The van der Waals surface area contributed by atoms with Crippen LogP contribution in [0.2, 0.25) is 0 Å². The predicted molar refractivity (Wildman–Crippen MR) is 86.8 cm³/mol. The lowest BCUT2D eigenvalue weighted by atomic mass is 10.1. The van der Waals surface area contributed by atoms with Crippen LogP contribution in [0.4, 0.5) is 17.6 Å². The maximum atomic E-state index is 13.7. The molecule has 0 aliphatic carbocycles. The van der Waals surface area contributed by atoms with E-state index in [0.717, 1.165) is 38.3 Å². The molecular formula is C18H22F4N2O2. The summed E-state index contributed by atoms with van der Waals surface area (Å²) < 4.78 is 57.0. The molecule has 2 aliphatic heterocycles. The molecule has 0 radical (unpaired) electrons. The first-order valence-corrected chi connectivity index (χ1v) is 8.76. The molecule has 4 nitrogen and oxygen atoms in total. The van der Waals surface area contributed by atoms with E-state index in [9.17, 15) is 22.4 Å². The summed E-state index contributed by atoms with van der Waals surface area (Å²) in [6.07, 6.45) is -3.33. The second kappa shape index (κ2) is 7.92. The Kier molecular flexibility index (Phi) is 5.82. The Morgan fingerprint density at radius 3 is 2.65 bits per heavy atom. The van der Waals surface area contributed by atoms with Gasteiger partial charge in [-0.1, -0.05) is 6.07 Å². The van der Waals surface area contributed by atoms with Gasteiger partial charge in [-0.3, -0.25) is 4.79 Å². The number of benzene rings is 1. The standard InChI is InChI=1S/C18H22F4N2O2/c19-16-9-13(1-2-15(16)18(20,21)22)11-24-7-6-23(5-3-17(24)25)10-14-4-8-26-12-14/h1-2,9,14H,3-8,10-12H2. The fourth-order valence-corrected chi connectivity index (χ4v) is 3.46. The molecule has 0 spiro atoms. The first-order valence-electron chi connectivity index (χ1n) is 8.76. The Bertz CT molecular complexity index is 645. The highest BCUT2D eigenvalue weighted by Gasteiger charge is 2.34. The van der Waals surface area contributed by atoms with Gasteiger partial charge in [0.15, 0.2) is 0 Å². The lowest BCUT2D eigenvalue weighted by Crippen LogP contribution is -2.34. The lowest BCUT2D eigenvalue weighted by Gasteiger charge is -2.24. The van der Waals surface area contributed by atoms with Crippen LogP contribution in [0.5, 0.6) is 0 Å². The highest BCUT2D eigenvalue weighted by molar-refractivity contribution is 5.76. The highest BCUT2D eigenvalue weighted by atomic mass is 19.4. The van der Waals surface area contributed by atoms with Gasteiger partial charge in [0.25, 0.3) is 0 Å². The van der Waals surface area contributed by atoms with E-state index in [1.165, 1.54) is 6.07 Å². The summed E-state index contributed by atoms with van der Waals surface area (Å²) in [5.74, 6) is -0.878. The minimum Gasteiger partial charge on any atom is -0.381 e. The molecule has 2 aliphatic rings. The second-order valence-electron chi connectivity index (χ2n) is 6.91. The number of hydrogen-bond donors (Lipinski definition) is 0. The van der Waals surface area contributed by atoms with Crippen molar-refractivity contribution in [3.05, 3.63) is 35.1 Å². The Balaban J connectivity index is 1.60. The van der Waals surface area contributed by atoms with E-state index in [0.29, 0.717) is 37.5 Å². The predicted octanol–water partition coefficient (Wildman–Crippen LogP) is 2.92. The van der Waals surface area contributed by atoms with Crippen LogP contribution in [0.3, 0.4) is 0 Å². The van der Waals surface area contributed by atoms with E-state index in [-0.39, 0.29) is 12.5 Å². The fraction of sp³-hybridized carbons (Fsp3) is 0.611. The van der Waals surface area contributed by atoms with Crippen molar-refractivity contribution in [2.24, 2.45) is 5.92 Å². The summed E-state index contributed by atoms with van der Waals surface area (Å²) in [5, 5.41) is 0. The molecule has 2 saturated heterocycles. The molecule has 0 aromatic heterocycles. The van der Waals surface area contributed by atoms with Crippen LogP contribution in [0, 0.1) is 11.7 Å². The molecule has 1 atom stereocenters. The van der Waals surface area contributed by atoms with Gasteiger partial charge >= 0.3 is 6.18 Å². The molecule has 144 valence electrons. The van der Waals surface area contributed by atoms with E-state index >= 15 is 0 Å². The van der Waals surface area contributed by atoms with Crippen molar-refractivity contribution in [3.8, 4) is 0 Å². The van der Waals surface area contributed by atoms with Crippen molar-refractivity contribution >= 4 is 5.91 Å². The van der Waals surface area contributed by atoms with E-state index in [4.69, 9.17) is 4.74 Å². The van der Waals surface area contributed by atoms with Gasteiger partial charge in [-0.15, -0.1) is 0 Å². The Hall–Kier alpha value is -1.67.